The van der Waals surface area contributed by atoms with Crippen molar-refractivity contribution in [2.45, 2.75) is 43.0 Å². The molecule has 0 aromatic heterocycles. The van der Waals surface area contributed by atoms with E-state index in [1.54, 1.807) is 0 Å². The monoisotopic (exact) mass is 411 g/mol. The van der Waals surface area contributed by atoms with E-state index in [0.717, 1.165) is 61.0 Å². The minimum Gasteiger partial charge on any atom is -0.378 e. The zero-order chi connectivity index (χ0) is 19.5. The quantitative estimate of drug-likeness (QED) is 0.774. The van der Waals surface area contributed by atoms with Gasteiger partial charge in [-0.05, 0) is 68.3 Å². The number of hydrogen-bond donors (Lipinski definition) is 1. The average Bonchev–Trinajstić information content (AvgIpc) is 3.40. The van der Waals surface area contributed by atoms with Crippen molar-refractivity contribution in [1.29, 1.82) is 0 Å². The molecule has 3 aliphatic heterocycles. The highest BCUT2D eigenvalue weighted by Crippen LogP contribution is 2.42. The Labute approximate surface area is 170 Å². The summed E-state index contributed by atoms with van der Waals surface area (Å²) in [5, 5.41) is 0.955. The molecule has 28 heavy (non-hydrogen) atoms. The van der Waals surface area contributed by atoms with Gasteiger partial charge in [-0.1, -0.05) is 11.9 Å². The number of piperidine rings is 1. The van der Waals surface area contributed by atoms with Crippen LogP contribution in [-0.2, 0) is 4.74 Å². The molecule has 0 bridgehead atoms. The second-order valence-corrected chi connectivity index (χ2v) is 9.97. The highest BCUT2D eigenvalue weighted by Gasteiger charge is 2.41. The number of hydrogen-bond acceptors (Lipinski definition) is 5. The zero-order valence-corrected chi connectivity index (χ0v) is 17.1. The lowest BCUT2D eigenvalue weighted by molar-refractivity contribution is -0.0117. The van der Waals surface area contributed by atoms with Crippen molar-refractivity contribution >= 4 is 11.9 Å². The summed E-state index contributed by atoms with van der Waals surface area (Å²) in [6.07, 6.45) is 5.38. The molecule has 1 aliphatic carbocycles. The molecule has 4 unspecified atom stereocenters. The average molecular weight is 412 g/mol. The Morgan fingerprint density at radius 2 is 1.61 bits per heavy atom. The lowest BCUT2D eigenvalue weighted by atomic mass is 9.87. The smallest absolute Gasteiger partial charge is 0.123 e. The van der Waals surface area contributed by atoms with Crippen LogP contribution in [0.3, 0.4) is 0 Å². The Hall–Kier alpha value is -0.730. The molecule has 1 saturated carbocycles. The van der Waals surface area contributed by atoms with Crippen LogP contribution in [0.5, 0.6) is 0 Å². The van der Waals surface area contributed by atoms with Gasteiger partial charge in [-0.2, -0.15) is 0 Å². The first kappa shape index (κ1) is 20.5. The largest absolute Gasteiger partial charge is 0.378 e. The molecule has 0 amide bonds. The number of rotatable bonds is 3. The van der Waals surface area contributed by atoms with E-state index < -0.39 is 11.6 Å². The molecule has 1 aromatic carbocycles. The van der Waals surface area contributed by atoms with E-state index in [0.29, 0.717) is 6.04 Å². The van der Waals surface area contributed by atoms with Crippen LogP contribution in [0.1, 0.15) is 25.7 Å². The van der Waals surface area contributed by atoms with Gasteiger partial charge in [0.1, 0.15) is 11.6 Å². The predicted octanol–water partition coefficient (Wildman–Crippen LogP) is 3.13. The van der Waals surface area contributed by atoms with Crippen molar-refractivity contribution < 1.29 is 13.5 Å². The maximum absolute atomic E-state index is 11.9. The molecule has 4 aliphatic rings. The summed E-state index contributed by atoms with van der Waals surface area (Å²) in [5.41, 5.74) is 6.06. The third kappa shape index (κ3) is 5.66. The molecule has 4 fully saturated rings. The molecule has 156 valence electrons. The van der Waals surface area contributed by atoms with Crippen molar-refractivity contribution in [3.63, 3.8) is 0 Å². The Balaban J connectivity index is 0.000000203. The summed E-state index contributed by atoms with van der Waals surface area (Å²) in [4.78, 5) is 2.67. The highest BCUT2D eigenvalue weighted by atomic mass is 32.2. The van der Waals surface area contributed by atoms with E-state index in [-0.39, 0.29) is 6.04 Å². The lowest BCUT2D eigenvalue weighted by Crippen LogP contribution is -2.52. The molecule has 0 radical (unpaired) electrons. The van der Waals surface area contributed by atoms with Crippen LogP contribution in [0.4, 0.5) is 8.78 Å². The Bertz CT molecular complexity index is 610. The van der Waals surface area contributed by atoms with Crippen molar-refractivity contribution in [3.05, 3.63) is 35.9 Å². The molecule has 4 atom stereocenters. The Morgan fingerprint density at radius 1 is 0.929 bits per heavy atom. The standard InChI is InChI=1S/C15H27N3OS.C6H4F2/c16-13-5-14(10-19-9-13)17-4-3-11-7-18(8-12(11)6-17)20-15-1-2-15;7-5-1-2-6(8)4-3-5/h11-15H,1-10,16H2;1-4H. The first-order chi connectivity index (χ1) is 13.6. The van der Waals surface area contributed by atoms with Crippen LogP contribution in [0.2, 0.25) is 0 Å². The summed E-state index contributed by atoms with van der Waals surface area (Å²) in [7, 11) is 0. The summed E-state index contributed by atoms with van der Waals surface area (Å²) < 4.78 is 32.2. The fourth-order valence-electron chi connectivity index (χ4n) is 4.48. The maximum atomic E-state index is 11.9. The molecule has 5 rings (SSSR count). The molecular weight excluding hydrogens is 380 g/mol. The second-order valence-electron chi connectivity index (χ2n) is 8.58. The number of fused-ring (bicyclic) bond motifs is 1. The second kappa shape index (κ2) is 9.39. The van der Waals surface area contributed by atoms with Gasteiger partial charge in [-0.3, -0.25) is 4.90 Å². The molecular formula is C21H31F2N3OS. The van der Waals surface area contributed by atoms with E-state index in [9.17, 15) is 8.78 Å². The molecule has 1 aromatic rings. The minimum atomic E-state index is -0.411. The highest BCUT2D eigenvalue weighted by molar-refractivity contribution is 7.97. The predicted molar refractivity (Wildman–Crippen MR) is 109 cm³/mol. The van der Waals surface area contributed by atoms with Crippen LogP contribution in [0, 0.1) is 23.5 Å². The van der Waals surface area contributed by atoms with Crippen LogP contribution >= 0.6 is 11.9 Å². The fraction of sp³-hybridized carbons (Fsp3) is 0.714. The Kier molecular flexibility index (Phi) is 6.89. The van der Waals surface area contributed by atoms with Gasteiger partial charge in [0.05, 0.1) is 13.2 Å². The summed E-state index contributed by atoms with van der Waals surface area (Å²) in [6.45, 7) is 6.81. The Morgan fingerprint density at radius 3 is 2.25 bits per heavy atom. The number of likely N-dealkylation sites (tertiary alicyclic amines) is 1. The minimum absolute atomic E-state index is 0.247. The van der Waals surface area contributed by atoms with E-state index in [2.05, 4.69) is 21.2 Å². The third-order valence-corrected chi connectivity index (χ3v) is 7.52. The van der Waals surface area contributed by atoms with Crippen molar-refractivity contribution in [2.24, 2.45) is 17.6 Å². The molecule has 3 saturated heterocycles. The SMILES string of the molecule is Fc1ccc(F)cc1.NC1COCC(N2CCC3CN(SC4CC4)CC3C2)C1. The fourth-order valence-corrected chi connectivity index (χ4v) is 5.80. The number of nitrogens with two attached hydrogens (primary N) is 1. The number of nitrogens with zero attached hydrogens (tertiary/aromatic N) is 2. The zero-order valence-electron chi connectivity index (χ0n) is 16.3. The first-order valence-corrected chi connectivity index (χ1v) is 11.3. The van der Waals surface area contributed by atoms with Crippen LogP contribution < -0.4 is 5.73 Å². The van der Waals surface area contributed by atoms with Gasteiger partial charge in [-0.25, -0.2) is 13.1 Å². The van der Waals surface area contributed by atoms with Gasteiger partial charge in [-0.15, -0.1) is 0 Å². The first-order valence-electron chi connectivity index (χ1n) is 10.5. The number of ether oxygens (including phenoxy) is 1. The van der Waals surface area contributed by atoms with Gasteiger partial charge in [0.2, 0.25) is 0 Å². The molecule has 4 nitrogen and oxygen atoms in total. The van der Waals surface area contributed by atoms with Crippen molar-refractivity contribution in [3.8, 4) is 0 Å². The third-order valence-electron chi connectivity index (χ3n) is 6.16. The molecule has 2 N–H and O–H groups in total. The topological polar surface area (TPSA) is 41.7 Å². The molecule has 0 spiro atoms. The van der Waals surface area contributed by atoms with Gasteiger partial charge in [0.15, 0.2) is 0 Å². The van der Waals surface area contributed by atoms with Gasteiger partial charge < -0.3 is 10.5 Å². The summed E-state index contributed by atoms with van der Waals surface area (Å²) in [5.74, 6) is 1.00. The van der Waals surface area contributed by atoms with Crippen LogP contribution in [0.25, 0.3) is 0 Å². The summed E-state index contributed by atoms with van der Waals surface area (Å²) >= 11 is 2.15. The maximum Gasteiger partial charge on any atom is 0.123 e. The van der Waals surface area contributed by atoms with Crippen molar-refractivity contribution in [1.82, 2.24) is 9.21 Å². The van der Waals surface area contributed by atoms with E-state index in [1.165, 1.54) is 45.4 Å². The van der Waals surface area contributed by atoms with E-state index >= 15 is 0 Å². The lowest BCUT2D eigenvalue weighted by Gasteiger charge is -2.42. The number of benzene rings is 1. The van der Waals surface area contributed by atoms with Gasteiger partial charge in [0, 0.05) is 37.0 Å². The van der Waals surface area contributed by atoms with Crippen LogP contribution in [-0.4, -0.2) is 65.9 Å². The van der Waals surface area contributed by atoms with Gasteiger partial charge >= 0.3 is 0 Å². The van der Waals surface area contributed by atoms with E-state index in [1.807, 2.05) is 0 Å². The normalized spacial score (nSPS) is 33.8. The van der Waals surface area contributed by atoms with E-state index in [4.69, 9.17) is 10.5 Å². The molecule has 3 heterocycles. The van der Waals surface area contributed by atoms with Gasteiger partial charge in [0.25, 0.3) is 0 Å². The number of halogens is 2. The summed E-state index contributed by atoms with van der Waals surface area (Å²) in [6, 6.07) is 5.14. The van der Waals surface area contributed by atoms with Crippen molar-refractivity contribution in [2.75, 3.05) is 39.4 Å². The van der Waals surface area contributed by atoms with Crippen LogP contribution in [0.15, 0.2) is 24.3 Å². The molecule has 7 heteroatoms.